The number of carbonyl (C=O) groups is 2. The SMILES string of the molecule is O=C1c2ccccc2C(=O)N1c1c(Cl)cc(Cl)c2nonc12. The zero-order valence-electron chi connectivity index (χ0n) is 10.7. The zero-order valence-corrected chi connectivity index (χ0v) is 12.2. The van der Waals surface area contributed by atoms with Crippen LogP contribution in [0.15, 0.2) is 35.0 Å². The summed E-state index contributed by atoms with van der Waals surface area (Å²) in [5, 5.41) is 7.72. The molecule has 6 nitrogen and oxygen atoms in total. The molecule has 3 aromatic rings. The van der Waals surface area contributed by atoms with Gasteiger partial charge in [0, 0.05) is 0 Å². The fourth-order valence-corrected chi connectivity index (χ4v) is 3.04. The summed E-state index contributed by atoms with van der Waals surface area (Å²) in [4.78, 5) is 26.1. The molecule has 2 heterocycles. The van der Waals surface area contributed by atoms with E-state index < -0.39 is 11.8 Å². The fourth-order valence-electron chi connectivity index (χ4n) is 2.47. The number of amides is 2. The molecule has 1 aliphatic heterocycles. The molecule has 8 heteroatoms. The smallest absolute Gasteiger partial charge is 0.266 e. The monoisotopic (exact) mass is 333 g/mol. The fraction of sp³-hybridized carbons (Fsp3) is 0. The Hall–Kier alpha value is -2.44. The van der Waals surface area contributed by atoms with E-state index in [9.17, 15) is 9.59 Å². The third-order valence-electron chi connectivity index (χ3n) is 3.44. The summed E-state index contributed by atoms with van der Waals surface area (Å²) in [6.07, 6.45) is 0. The number of aromatic nitrogens is 2. The largest absolute Gasteiger partial charge is 0.268 e. The van der Waals surface area contributed by atoms with Crippen LogP contribution in [0.4, 0.5) is 5.69 Å². The molecular weight excluding hydrogens is 329 g/mol. The number of imide groups is 1. The molecule has 2 aromatic carbocycles. The second-order valence-corrected chi connectivity index (χ2v) is 5.46. The summed E-state index contributed by atoms with van der Waals surface area (Å²) in [6, 6.07) is 7.93. The number of nitrogens with zero attached hydrogens (tertiary/aromatic N) is 3. The molecule has 0 aliphatic carbocycles. The number of rotatable bonds is 1. The highest BCUT2D eigenvalue weighted by Gasteiger charge is 2.39. The highest BCUT2D eigenvalue weighted by atomic mass is 35.5. The molecule has 1 aromatic heterocycles. The lowest BCUT2D eigenvalue weighted by molar-refractivity contribution is 0.0926. The molecule has 0 spiro atoms. The third-order valence-corrected chi connectivity index (χ3v) is 4.01. The molecule has 0 fully saturated rings. The molecule has 0 saturated carbocycles. The number of fused-ring (bicyclic) bond motifs is 2. The molecule has 0 atom stereocenters. The first-order valence-electron chi connectivity index (χ1n) is 6.17. The third kappa shape index (κ3) is 1.62. The minimum atomic E-state index is -0.478. The van der Waals surface area contributed by atoms with E-state index in [1.165, 1.54) is 6.07 Å². The molecule has 0 N–H and O–H groups in total. The second-order valence-electron chi connectivity index (χ2n) is 4.64. The first-order chi connectivity index (χ1) is 10.6. The maximum absolute atomic E-state index is 12.5. The number of anilines is 1. The highest BCUT2D eigenvalue weighted by Crippen LogP contribution is 2.40. The Morgan fingerprint density at radius 1 is 0.909 bits per heavy atom. The van der Waals surface area contributed by atoms with Gasteiger partial charge in [-0.1, -0.05) is 35.3 Å². The van der Waals surface area contributed by atoms with Crippen LogP contribution >= 0.6 is 23.2 Å². The lowest BCUT2D eigenvalue weighted by Gasteiger charge is -2.15. The Labute approximate surface area is 133 Å². The number of benzene rings is 2. The topological polar surface area (TPSA) is 76.3 Å². The summed E-state index contributed by atoms with van der Waals surface area (Å²) >= 11 is 12.2. The Bertz CT molecular complexity index is 932. The van der Waals surface area contributed by atoms with Crippen LogP contribution in [0.3, 0.4) is 0 Å². The molecular formula is C14H5Cl2N3O3. The first-order valence-corrected chi connectivity index (χ1v) is 6.93. The van der Waals surface area contributed by atoms with Crippen LogP contribution in [0.1, 0.15) is 20.7 Å². The van der Waals surface area contributed by atoms with Gasteiger partial charge in [0.25, 0.3) is 11.8 Å². The van der Waals surface area contributed by atoms with Crippen LogP contribution in [-0.4, -0.2) is 22.1 Å². The van der Waals surface area contributed by atoms with Gasteiger partial charge in [-0.25, -0.2) is 9.53 Å². The van der Waals surface area contributed by atoms with Crippen LogP contribution in [0, 0.1) is 0 Å². The van der Waals surface area contributed by atoms with E-state index in [0.29, 0.717) is 11.1 Å². The Morgan fingerprint density at radius 3 is 2.14 bits per heavy atom. The van der Waals surface area contributed by atoms with Gasteiger partial charge in [0.1, 0.15) is 5.69 Å². The molecule has 0 saturated heterocycles. The van der Waals surface area contributed by atoms with E-state index in [4.69, 9.17) is 23.2 Å². The Morgan fingerprint density at radius 2 is 1.50 bits per heavy atom. The van der Waals surface area contributed by atoms with Gasteiger partial charge in [0.15, 0.2) is 11.0 Å². The van der Waals surface area contributed by atoms with Gasteiger partial charge in [-0.05, 0) is 28.5 Å². The predicted octanol–water partition coefficient (Wildman–Crippen LogP) is 3.33. The normalized spacial score (nSPS) is 14.0. The summed E-state index contributed by atoms with van der Waals surface area (Å²) in [5.41, 5.74) is 1.13. The molecule has 1 aliphatic rings. The summed E-state index contributed by atoms with van der Waals surface area (Å²) in [5.74, 6) is -0.955. The van der Waals surface area contributed by atoms with Crippen LogP contribution < -0.4 is 4.90 Å². The van der Waals surface area contributed by atoms with Crippen LogP contribution in [0.2, 0.25) is 10.0 Å². The van der Waals surface area contributed by atoms with Gasteiger partial charge in [-0.15, -0.1) is 0 Å². The average molecular weight is 334 g/mol. The quantitative estimate of drug-likeness (QED) is 0.638. The number of hydrogen-bond acceptors (Lipinski definition) is 5. The minimum Gasteiger partial charge on any atom is -0.268 e. The van der Waals surface area contributed by atoms with Gasteiger partial charge in [-0.3, -0.25) is 9.59 Å². The summed E-state index contributed by atoms with van der Waals surface area (Å²) in [6.45, 7) is 0. The lowest BCUT2D eigenvalue weighted by Crippen LogP contribution is -2.30. The van der Waals surface area contributed by atoms with E-state index in [2.05, 4.69) is 14.9 Å². The average Bonchev–Trinajstić information content (AvgIpc) is 3.07. The van der Waals surface area contributed by atoms with E-state index in [-0.39, 0.29) is 26.8 Å². The maximum Gasteiger partial charge on any atom is 0.266 e. The number of carbonyl (C=O) groups excluding carboxylic acids is 2. The maximum atomic E-state index is 12.5. The molecule has 108 valence electrons. The molecule has 0 unspecified atom stereocenters. The Balaban J connectivity index is 2.00. The highest BCUT2D eigenvalue weighted by molar-refractivity contribution is 6.44. The van der Waals surface area contributed by atoms with Gasteiger partial charge in [-0.2, -0.15) is 0 Å². The van der Waals surface area contributed by atoms with Gasteiger partial charge in [0.05, 0.1) is 21.2 Å². The number of hydrogen-bond donors (Lipinski definition) is 0. The van der Waals surface area contributed by atoms with E-state index in [1.54, 1.807) is 24.3 Å². The molecule has 4 rings (SSSR count). The van der Waals surface area contributed by atoms with Gasteiger partial charge < -0.3 is 0 Å². The van der Waals surface area contributed by atoms with Crippen molar-refractivity contribution in [1.29, 1.82) is 0 Å². The van der Waals surface area contributed by atoms with Crippen LogP contribution in [0.5, 0.6) is 0 Å². The second kappa shape index (κ2) is 4.53. The van der Waals surface area contributed by atoms with Crippen molar-refractivity contribution in [2.45, 2.75) is 0 Å². The Kier molecular flexibility index (Phi) is 2.72. The van der Waals surface area contributed by atoms with E-state index in [1.807, 2.05) is 0 Å². The van der Waals surface area contributed by atoms with Gasteiger partial charge >= 0.3 is 0 Å². The number of halogens is 2. The molecule has 22 heavy (non-hydrogen) atoms. The van der Waals surface area contributed by atoms with Crippen LogP contribution in [0.25, 0.3) is 11.0 Å². The molecule has 2 amide bonds. The minimum absolute atomic E-state index is 0.114. The van der Waals surface area contributed by atoms with Crippen molar-refractivity contribution in [3.8, 4) is 0 Å². The van der Waals surface area contributed by atoms with Crippen molar-refractivity contribution in [1.82, 2.24) is 10.3 Å². The van der Waals surface area contributed by atoms with Crippen molar-refractivity contribution in [2.24, 2.45) is 0 Å². The van der Waals surface area contributed by atoms with Crippen molar-refractivity contribution in [3.05, 3.63) is 51.5 Å². The van der Waals surface area contributed by atoms with E-state index in [0.717, 1.165) is 4.90 Å². The van der Waals surface area contributed by atoms with Crippen molar-refractivity contribution in [2.75, 3.05) is 4.90 Å². The summed E-state index contributed by atoms with van der Waals surface area (Å²) < 4.78 is 4.66. The summed E-state index contributed by atoms with van der Waals surface area (Å²) in [7, 11) is 0. The predicted molar refractivity (Wildman–Crippen MR) is 79.4 cm³/mol. The zero-order chi connectivity index (χ0) is 15.4. The van der Waals surface area contributed by atoms with E-state index >= 15 is 0 Å². The molecule has 0 bridgehead atoms. The molecule has 0 radical (unpaired) electrons. The van der Waals surface area contributed by atoms with Crippen molar-refractivity contribution >= 4 is 51.7 Å². The van der Waals surface area contributed by atoms with Crippen molar-refractivity contribution in [3.63, 3.8) is 0 Å². The standard InChI is InChI=1S/C14H5Cl2N3O3/c15-8-5-9(16)12(11-10(8)17-22-18-11)19-13(20)6-3-1-2-4-7(6)14(19)21/h1-5H. The lowest BCUT2D eigenvalue weighted by atomic mass is 10.1. The van der Waals surface area contributed by atoms with Gasteiger partial charge in [0.2, 0.25) is 0 Å². The van der Waals surface area contributed by atoms with Crippen molar-refractivity contribution < 1.29 is 14.2 Å². The first kappa shape index (κ1) is 13.2. The van der Waals surface area contributed by atoms with Crippen LogP contribution in [-0.2, 0) is 0 Å².